The minimum atomic E-state index is 0.539. The molecular weight excluding hydrogens is 244 g/mol. The van der Waals surface area contributed by atoms with Crippen LogP contribution in [0.5, 0.6) is 0 Å². The Hall–Kier alpha value is -0.860. The van der Waals surface area contributed by atoms with Crippen molar-refractivity contribution in [3.63, 3.8) is 0 Å². The summed E-state index contributed by atoms with van der Waals surface area (Å²) in [6.45, 7) is 9.33. The summed E-state index contributed by atoms with van der Waals surface area (Å²) >= 11 is 0. The fourth-order valence-electron chi connectivity index (χ4n) is 3.69. The molecule has 1 N–H and O–H groups in total. The van der Waals surface area contributed by atoms with Crippen molar-refractivity contribution in [2.24, 2.45) is 0 Å². The molecule has 1 aromatic rings. The molecule has 0 amide bonds. The number of benzene rings is 1. The maximum atomic E-state index is 3.77. The topological polar surface area (TPSA) is 15.3 Å². The predicted molar refractivity (Wildman–Crippen MR) is 85.1 cm³/mol. The highest BCUT2D eigenvalue weighted by molar-refractivity contribution is 5.26. The Kier molecular flexibility index (Phi) is 4.13. The van der Waals surface area contributed by atoms with Crippen LogP contribution in [0.3, 0.4) is 0 Å². The second-order valence-corrected chi connectivity index (χ2v) is 6.92. The van der Waals surface area contributed by atoms with Crippen molar-refractivity contribution in [1.29, 1.82) is 0 Å². The molecule has 2 nitrogen and oxygen atoms in total. The van der Waals surface area contributed by atoms with Gasteiger partial charge in [0.25, 0.3) is 0 Å². The molecule has 1 aromatic carbocycles. The zero-order valence-corrected chi connectivity index (χ0v) is 13.1. The first-order valence-corrected chi connectivity index (χ1v) is 8.23. The van der Waals surface area contributed by atoms with Crippen LogP contribution in [-0.4, -0.2) is 30.1 Å². The van der Waals surface area contributed by atoms with Gasteiger partial charge in [0.1, 0.15) is 0 Å². The van der Waals surface area contributed by atoms with Gasteiger partial charge in [-0.1, -0.05) is 38.1 Å². The molecule has 0 spiro atoms. The number of nitrogens with zero attached hydrogens (tertiary/aromatic N) is 1. The number of hydrogen-bond acceptors (Lipinski definition) is 2. The van der Waals surface area contributed by atoms with Crippen LogP contribution in [0.2, 0.25) is 0 Å². The number of nitrogens with one attached hydrogen (secondary N) is 1. The van der Waals surface area contributed by atoms with Gasteiger partial charge in [0.15, 0.2) is 0 Å². The van der Waals surface area contributed by atoms with Crippen molar-refractivity contribution in [1.82, 2.24) is 10.2 Å². The summed E-state index contributed by atoms with van der Waals surface area (Å²) in [6.07, 6.45) is 4.06. The molecule has 3 atom stereocenters. The highest BCUT2D eigenvalue weighted by Crippen LogP contribution is 2.28. The average Bonchev–Trinajstić information content (AvgIpc) is 2.78. The van der Waals surface area contributed by atoms with Crippen LogP contribution >= 0.6 is 0 Å². The number of fused-ring (bicyclic) bond motifs is 2. The van der Waals surface area contributed by atoms with Crippen molar-refractivity contribution in [3.05, 3.63) is 35.4 Å². The van der Waals surface area contributed by atoms with Crippen LogP contribution in [0.15, 0.2) is 24.3 Å². The van der Waals surface area contributed by atoms with Gasteiger partial charge in [0.2, 0.25) is 0 Å². The minimum Gasteiger partial charge on any atom is -0.310 e. The van der Waals surface area contributed by atoms with Gasteiger partial charge in [-0.15, -0.1) is 0 Å². The van der Waals surface area contributed by atoms with Gasteiger partial charge in [0.05, 0.1) is 0 Å². The highest BCUT2D eigenvalue weighted by Gasteiger charge is 2.31. The fraction of sp³-hybridized carbons (Fsp3) is 0.667. The summed E-state index contributed by atoms with van der Waals surface area (Å²) in [4.78, 5) is 2.67. The third-order valence-electron chi connectivity index (χ3n) is 5.19. The van der Waals surface area contributed by atoms with Gasteiger partial charge in [-0.05, 0) is 43.2 Å². The van der Waals surface area contributed by atoms with E-state index < -0.39 is 0 Å². The van der Waals surface area contributed by atoms with E-state index in [1.54, 1.807) is 0 Å². The quantitative estimate of drug-likeness (QED) is 0.902. The summed E-state index contributed by atoms with van der Waals surface area (Å²) < 4.78 is 0. The van der Waals surface area contributed by atoms with Crippen LogP contribution in [0.1, 0.15) is 63.1 Å². The zero-order chi connectivity index (χ0) is 14.1. The molecule has 2 aliphatic heterocycles. The Labute approximate surface area is 123 Å². The largest absolute Gasteiger partial charge is 0.310 e. The number of hydrogen-bond donors (Lipinski definition) is 1. The molecule has 2 heteroatoms. The fourth-order valence-corrected chi connectivity index (χ4v) is 3.69. The van der Waals surface area contributed by atoms with Gasteiger partial charge in [-0.3, -0.25) is 4.90 Å². The normalized spacial score (nSPS) is 28.6. The summed E-state index contributed by atoms with van der Waals surface area (Å²) in [6, 6.07) is 11.3. The SMILES string of the molecule is CC(C)c1ccc(C(C)N2CCC3CCC(C2)N3)cc1. The second-order valence-electron chi connectivity index (χ2n) is 6.92. The van der Waals surface area contributed by atoms with Crippen molar-refractivity contribution in [2.75, 3.05) is 13.1 Å². The maximum Gasteiger partial charge on any atom is 0.0320 e. The lowest BCUT2D eigenvalue weighted by Gasteiger charge is -2.30. The zero-order valence-electron chi connectivity index (χ0n) is 13.1. The molecule has 20 heavy (non-hydrogen) atoms. The van der Waals surface area contributed by atoms with Crippen molar-refractivity contribution in [2.45, 2.75) is 64.1 Å². The van der Waals surface area contributed by atoms with E-state index in [2.05, 4.69) is 55.3 Å². The van der Waals surface area contributed by atoms with Crippen LogP contribution in [-0.2, 0) is 0 Å². The summed E-state index contributed by atoms with van der Waals surface area (Å²) in [5, 5.41) is 3.77. The molecule has 0 aliphatic carbocycles. The van der Waals surface area contributed by atoms with Gasteiger partial charge in [-0.25, -0.2) is 0 Å². The van der Waals surface area contributed by atoms with E-state index in [0.717, 1.165) is 12.1 Å². The van der Waals surface area contributed by atoms with Crippen molar-refractivity contribution in [3.8, 4) is 0 Å². The Morgan fingerprint density at radius 1 is 0.950 bits per heavy atom. The van der Waals surface area contributed by atoms with E-state index in [-0.39, 0.29) is 0 Å². The molecule has 0 radical (unpaired) electrons. The maximum absolute atomic E-state index is 3.77. The minimum absolute atomic E-state index is 0.539. The Morgan fingerprint density at radius 3 is 2.30 bits per heavy atom. The van der Waals surface area contributed by atoms with E-state index in [1.807, 2.05) is 0 Å². The van der Waals surface area contributed by atoms with Crippen LogP contribution in [0, 0.1) is 0 Å². The lowest BCUT2D eigenvalue weighted by atomic mass is 9.98. The average molecular weight is 272 g/mol. The van der Waals surface area contributed by atoms with Crippen molar-refractivity contribution < 1.29 is 0 Å². The number of rotatable bonds is 3. The first-order valence-electron chi connectivity index (χ1n) is 8.23. The monoisotopic (exact) mass is 272 g/mol. The molecule has 2 saturated heterocycles. The van der Waals surface area contributed by atoms with E-state index in [0.29, 0.717) is 12.0 Å². The molecule has 110 valence electrons. The first kappa shape index (κ1) is 14.1. The summed E-state index contributed by atoms with van der Waals surface area (Å²) in [5.74, 6) is 0.623. The van der Waals surface area contributed by atoms with Gasteiger partial charge in [-0.2, -0.15) is 0 Å². The van der Waals surface area contributed by atoms with E-state index in [9.17, 15) is 0 Å². The predicted octanol–water partition coefficient (Wildman–Crippen LogP) is 3.70. The second kappa shape index (κ2) is 5.87. The van der Waals surface area contributed by atoms with Gasteiger partial charge < -0.3 is 5.32 Å². The lowest BCUT2D eigenvalue weighted by Crippen LogP contribution is -2.36. The van der Waals surface area contributed by atoms with Crippen LogP contribution in [0.4, 0.5) is 0 Å². The van der Waals surface area contributed by atoms with E-state index >= 15 is 0 Å². The third-order valence-corrected chi connectivity index (χ3v) is 5.19. The molecule has 2 heterocycles. The van der Waals surface area contributed by atoms with Crippen LogP contribution in [0.25, 0.3) is 0 Å². The molecule has 3 rings (SSSR count). The number of likely N-dealkylation sites (tertiary alicyclic amines) is 1. The Morgan fingerprint density at radius 2 is 1.60 bits per heavy atom. The molecule has 0 saturated carbocycles. The standard InChI is InChI=1S/C18H28N2/c1-13(2)15-4-6-16(7-5-15)14(3)20-11-10-17-8-9-18(12-20)19-17/h4-7,13-14,17-19H,8-12H2,1-3H3. The molecule has 2 aliphatic rings. The molecule has 2 fully saturated rings. The third kappa shape index (κ3) is 2.91. The Balaban J connectivity index is 1.69. The van der Waals surface area contributed by atoms with E-state index in [4.69, 9.17) is 0 Å². The van der Waals surface area contributed by atoms with Crippen LogP contribution < -0.4 is 5.32 Å². The highest BCUT2D eigenvalue weighted by atomic mass is 15.2. The van der Waals surface area contributed by atoms with Gasteiger partial charge in [0, 0.05) is 31.2 Å². The van der Waals surface area contributed by atoms with Gasteiger partial charge >= 0.3 is 0 Å². The van der Waals surface area contributed by atoms with Crippen molar-refractivity contribution >= 4 is 0 Å². The lowest BCUT2D eigenvalue weighted by molar-refractivity contribution is 0.200. The summed E-state index contributed by atoms with van der Waals surface area (Å²) in [5.41, 5.74) is 2.91. The molecule has 3 unspecified atom stereocenters. The molecule has 0 aromatic heterocycles. The molecule has 2 bridgehead atoms. The smallest absolute Gasteiger partial charge is 0.0320 e. The summed E-state index contributed by atoms with van der Waals surface area (Å²) in [7, 11) is 0. The van der Waals surface area contributed by atoms with E-state index in [1.165, 1.54) is 43.5 Å². The Bertz CT molecular complexity index is 437. The first-order chi connectivity index (χ1) is 9.63. The molecular formula is C18H28N2.